The zero-order chi connectivity index (χ0) is 90.7. The average molecular weight is 1750 g/mol. The summed E-state index contributed by atoms with van der Waals surface area (Å²) >= 11 is 0. The van der Waals surface area contributed by atoms with Gasteiger partial charge in [0.15, 0.2) is 17.9 Å². The van der Waals surface area contributed by atoms with E-state index in [-0.39, 0.29) is 55.4 Å². The molecule has 2 saturated heterocycles. The van der Waals surface area contributed by atoms with E-state index in [0.717, 1.165) is 48.1 Å². The number of ether oxygens (including phenoxy) is 4. The van der Waals surface area contributed by atoms with Gasteiger partial charge in [0.1, 0.15) is 24.1 Å². The van der Waals surface area contributed by atoms with Crippen LogP contribution in [-0.2, 0) is 52.7 Å². The number of likely N-dealkylation sites (N-methyl/N-ethyl adjacent to an activating group) is 2. The lowest BCUT2D eigenvalue weighted by molar-refractivity contribution is -0.307. The first-order valence-corrected chi connectivity index (χ1v) is 46.1. The number of amides is 2. The Bertz CT molecular complexity index is 3850. The van der Waals surface area contributed by atoms with Crippen LogP contribution in [-0.4, -0.2) is 262 Å². The summed E-state index contributed by atoms with van der Waals surface area (Å²) in [6.45, 7) is 18.1. The fourth-order valence-electron chi connectivity index (χ4n) is 20.2. The highest BCUT2D eigenvalue weighted by Crippen LogP contribution is 2.67. The van der Waals surface area contributed by atoms with Gasteiger partial charge in [-0.1, -0.05) is 164 Å². The molecule has 8 rings (SSSR count). The number of aliphatic hydroxyl groups is 10. The van der Waals surface area contributed by atoms with E-state index in [1.54, 1.807) is 129 Å². The zero-order valence-electron chi connectivity index (χ0n) is 74.9. The summed E-state index contributed by atoms with van der Waals surface area (Å²) in [5, 5.41) is 121. The molecule has 0 radical (unpaired) electrons. The Labute approximate surface area is 730 Å². The van der Waals surface area contributed by atoms with Gasteiger partial charge in [0, 0.05) is 75.8 Å². The molecule has 28 nitrogen and oxygen atoms in total. The Morgan fingerprint density at radius 2 is 1.29 bits per heavy atom. The molecule has 1 aromatic carbocycles. The van der Waals surface area contributed by atoms with Crippen molar-refractivity contribution in [3.63, 3.8) is 0 Å². The van der Waals surface area contributed by atoms with Crippen molar-refractivity contribution < 1.29 is 111 Å². The van der Waals surface area contributed by atoms with Crippen molar-refractivity contribution in [1.82, 2.24) is 20.4 Å². The number of aliphatic hydroxyl groups excluding tert-OH is 9. The lowest BCUT2D eigenvalue weighted by atomic mass is 9.47. The van der Waals surface area contributed by atoms with Crippen LogP contribution >= 0.6 is 0 Å². The highest BCUT2D eigenvalue weighted by atomic mass is 32.3. The third-order valence-electron chi connectivity index (χ3n) is 26.5. The summed E-state index contributed by atoms with van der Waals surface area (Å²) in [5.74, 6) is -2.27. The molecule has 123 heavy (non-hydrogen) atoms. The average Bonchev–Trinajstić information content (AvgIpc) is 1.66. The number of carbonyl (C=O) groups excluding carboxylic acids is 5. The Morgan fingerprint density at radius 1 is 0.675 bits per heavy atom. The monoisotopic (exact) mass is 1750 g/mol. The quantitative estimate of drug-likeness (QED) is 0.0198. The first-order chi connectivity index (χ1) is 58.0. The van der Waals surface area contributed by atoms with E-state index < -0.39 is 195 Å². The number of esters is 1. The van der Waals surface area contributed by atoms with E-state index in [4.69, 9.17) is 27.7 Å². The Balaban J connectivity index is 0.000000536. The number of cyclic esters (lactones) is 1. The van der Waals surface area contributed by atoms with Crippen molar-refractivity contribution in [2.75, 3.05) is 60.2 Å². The third-order valence-corrected chi connectivity index (χ3v) is 27.0. The lowest BCUT2D eigenvalue weighted by Crippen LogP contribution is -2.64. The van der Waals surface area contributed by atoms with E-state index >= 15 is 0 Å². The largest absolute Gasteiger partial charge is 0.461 e. The van der Waals surface area contributed by atoms with Crippen LogP contribution in [0.2, 0.25) is 0 Å². The number of nitrogens with one attached hydrogen (secondary N) is 3. The molecule has 14 N–H and O–H groups in total. The molecule has 27 atom stereocenters. The number of nitrogens with zero attached hydrogens (tertiary/aromatic N) is 2. The second-order valence-electron chi connectivity index (χ2n) is 37.6. The van der Waals surface area contributed by atoms with Crippen LogP contribution < -0.4 is 16.0 Å². The zero-order valence-corrected chi connectivity index (χ0v) is 75.7. The van der Waals surface area contributed by atoms with Gasteiger partial charge in [-0.3, -0.25) is 28.5 Å². The van der Waals surface area contributed by atoms with Crippen molar-refractivity contribution in [1.29, 1.82) is 0 Å². The first-order valence-electron chi connectivity index (χ1n) is 44.8. The molecule has 694 valence electrons. The number of Topliss-reactive ketones (excluding diaryl/α,β-unsaturated/α-hetero) is 2. The van der Waals surface area contributed by atoms with Gasteiger partial charge in [0.2, 0.25) is 11.8 Å². The van der Waals surface area contributed by atoms with Crippen LogP contribution in [0.15, 0.2) is 121 Å². The Kier molecular flexibility index (Phi) is 41.9. The van der Waals surface area contributed by atoms with Crippen molar-refractivity contribution >= 4 is 45.4 Å². The highest BCUT2D eigenvalue weighted by molar-refractivity contribution is 7.80. The van der Waals surface area contributed by atoms with E-state index in [0.29, 0.717) is 42.7 Å². The Hall–Kier alpha value is -6.04. The van der Waals surface area contributed by atoms with Gasteiger partial charge in [-0.05, 0) is 195 Å². The number of carbonyl (C=O) groups is 5. The summed E-state index contributed by atoms with van der Waals surface area (Å²) in [5.41, 5.74) is 3.35. The number of anilines is 1. The van der Waals surface area contributed by atoms with Gasteiger partial charge in [0.05, 0.1) is 92.1 Å². The van der Waals surface area contributed by atoms with Crippen LogP contribution in [0.5, 0.6) is 0 Å². The summed E-state index contributed by atoms with van der Waals surface area (Å²) in [6.07, 6.45) is 17.3. The molecule has 7 aliphatic rings. The fourth-order valence-corrected chi connectivity index (χ4v) is 20.7. The molecule has 14 unspecified atom stereocenters. The molecule has 3 saturated carbocycles. The summed E-state index contributed by atoms with van der Waals surface area (Å²) in [4.78, 5) is 69.8. The van der Waals surface area contributed by atoms with E-state index in [1.807, 2.05) is 38.9 Å². The second-order valence-corrected chi connectivity index (χ2v) is 38.7. The number of ketones is 2. The maximum Gasteiger partial charge on any atom is 0.397 e. The number of benzene rings is 1. The van der Waals surface area contributed by atoms with Crippen LogP contribution in [0.4, 0.5) is 5.69 Å². The molecule has 4 aliphatic carbocycles. The molecule has 3 aliphatic heterocycles. The van der Waals surface area contributed by atoms with E-state index in [2.05, 4.69) is 56.6 Å². The van der Waals surface area contributed by atoms with E-state index in [1.165, 1.54) is 57.4 Å². The molecule has 5 fully saturated rings. The summed E-state index contributed by atoms with van der Waals surface area (Å²) in [7, 11) is 4.37. The molecule has 2 bridgehead atoms. The smallest absolute Gasteiger partial charge is 0.397 e. The molecule has 0 aromatic heterocycles. The standard InChI is InChI=1S/C67H103N5O19.C27H46O4S/c1-42-21-19-17-15-13-11-9-10-12-14-16-18-20-22-54(89-66-63(85)61(62(84)44(3)88-66)70-58(82)41-72(7)8)38-57-60(65(86)69-29-30-71(5)6)56(81)40-67(87,91-57)39-53(79)35-51(77)33-49(75)31-48(74)32-50(76)34-52(78)37-59(83)90-64(42)43(2)23-28-47(73)36-55(80)45-24-26-46(68-4)27-25-45;1-18(2)7-6-8-19(3)23-11-12-24-22-10-9-20-17-21(31-32(28,29)30)13-15-26(20,4)25(22)14-16-27(23,24)5/h9-22,24-27,42-44,47-49,51-54,56-57,60-64,66,68,73-75,77-79,81,84-85,87H,23,28-41H2,1-8H3,(H,69,86)(H,70,82);9,18-19,21-25H,6-8,10-17H2,1-5H3,(H,28,29,30)/b10-9+,13-11+,14-12+,17-15+,18-16+,21-19-,22-20+;/t42?,43?,44-,47?,48?,49?,51?,52?,53?,54?,56?,57?,60?,61+,62-,63+,64?,66+,67?;19-,21+,22+,23-,24+,25+,26+,27-/m11/s1. The van der Waals surface area contributed by atoms with Crippen LogP contribution in [0, 0.1) is 64.1 Å². The summed E-state index contributed by atoms with van der Waals surface area (Å²) < 4.78 is 61.2. The predicted molar refractivity (Wildman–Crippen MR) is 471 cm³/mol. The van der Waals surface area contributed by atoms with Gasteiger partial charge in [-0.15, -0.1) is 0 Å². The SMILES string of the molecule is CC(C)CCC[C@@H](C)[C@H]1CC[C@H]2[C@@H]3CC=C4C[C@@H](OS(=O)(=O)O)CC[C@]4(C)[C@H]3CC[C@]12C.CNc1ccc(C(=O)CC(O)CCC(C)C2OC(=O)CC(O)CC(=O)CC(O)CC(O)CC(O)CC(O)CC3(O)CC(O)C(C(=O)NCCN(C)C)C(CC(O[C@@H]4O[C@H](C)[C@@H](O)[C@H](NC(=O)CN(C)C)[C@@H]4O)/C=C/C=C/C=C/C=C/C=C/C=C/C=C\C2C)O3)cc1. The minimum atomic E-state index is -4.38. The minimum absolute atomic E-state index is 0.0513. The first kappa shape index (κ1) is 104. The van der Waals surface area contributed by atoms with Gasteiger partial charge in [-0.25, -0.2) is 4.18 Å². The van der Waals surface area contributed by atoms with Gasteiger partial charge < -0.3 is 95.8 Å². The minimum Gasteiger partial charge on any atom is -0.461 e. The predicted octanol–water partition coefficient (Wildman–Crippen LogP) is 9.27. The normalized spacial score (nSPS) is 36.9. The van der Waals surface area contributed by atoms with Crippen molar-refractivity contribution in [3.05, 3.63) is 127 Å². The fraction of sp³-hybridized carbons (Fsp3) is 0.713. The molecular formula is C94H149N5O23S. The molecule has 29 heteroatoms. The van der Waals surface area contributed by atoms with Crippen LogP contribution in [0.1, 0.15) is 213 Å². The molecule has 3 heterocycles. The van der Waals surface area contributed by atoms with Gasteiger partial charge >= 0.3 is 16.4 Å². The van der Waals surface area contributed by atoms with Crippen molar-refractivity contribution in [2.45, 2.75) is 307 Å². The number of hydrogen-bond acceptors (Lipinski definition) is 25. The second kappa shape index (κ2) is 49.5. The van der Waals surface area contributed by atoms with Gasteiger partial charge in [-0.2, -0.15) is 8.42 Å². The van der Waals surface area contributed by atoms with Crippen LogP contribution in [0.3, 0.4) is 0 Å². The maximum atomic E-state index is 14.0. The van der Waals surface area contributed by atoms with E-state index in [9.17, 15) is 83.5 Å². The highest BCUT2D eigenvalue weighted by Gasteiger charge is 2.60. The number of rotatable bonds is 24. The molecular weight excluding hydrogens is 1600 g/mol. The van der Waals surface area contributed by atoms with Crippen LogP contribution in [0.25, 0.3) is 0 Å². The maximum absolute atomic E-state index is 14.0. The molecule has 2 amide bonds. The number of hydrogen-bond donors (Lipinski definition) is 14. The van der Waals surface area contributed by atoms with Crippen molar-refractivity contribution in [3.8, 4) is 0 Å². The topological polar surface area (TPSA) is 431 Å². The van der Waals surface area contributed by atoms with Crippen molar-refractivity contribution in [2.24, 2.45) is 64.1 Å². The van der Waals surface area contributed by atoms with Gasteiger partial charge in [0.25, 0.3) is 0 Å². The Morgan fingerprint density at radius 3 is 1.91 bits per heavy atom. The summed E-state index contributed by atoms with van der Waals surface area (Å²) in [6, 6.07) is 5.68. The molecule has 0 spiro atoms. The number of fused-ring (bicyclic) bond motifs is 7. The number of allylic oxidation sites excluding steroid dienone is 13. The lowest BCUT2D eigenvalue weighted by Gasteiger charge is -2.58. The third kappa shape index (κ3) is 32.9. The molecule has 1 aromatic rings.